The predicted octanol–water partition coefficient (Wildman–Crippen LogP) is 2.29. The zero-order valence-electron chi connectivity index (χ0n) is 9.68. The highest BCUT2D eigenvalue weighted by molar-refractivity contribution is 6.30. The fourth-order valence-electron chi connectivity index (χ4n) is 1.53. The van der Waals surface area contributed by atoms with Crippen LogP contribution in [0.15, 0.2) is 47.4 Å². The van der Waals surface area contributed by atoms with Crippen LogP contribution in [0.4, 0.5) is 5.69 Å². The minimum atomic E-state index is -0.446. The Bertz CT molecular complexity index is 649. The molecule has 18 heavy (non-hydrogen) atoms. The first kappa shape index (κ1) is 12.4. The Morgan fingerprint density at radius 2 is 2.06 bits per heavy atom. The largest absolute Gasteiger partial charge is 0.322 e. The summed E-state index contributed by atoms with van der Waals surface area (Å²) >= 11 is 5.81. The van der Waals surface area contributed by atoms with Crippen molar-refractivity contribution in [2.45, 2.75) is 0 Å². The molecule has 0 aliphatic carbocycles. The Morgan fingerprint density at radius 1 is 1.28 bits per heavy atom. The summed E-state index contributed by atoms with van der Waals surface area (Å²) in [6, 6.07) is 9.89. The third-order valence-corrected chi connectivity index (χ3v) is 2.69. The Kier molecular flexibility index (Phi) is 3.48. The Morgan fingerprint density at radius 3 is 2.78 bits per heavy atom. The lowest BCUT2D eigenvalue weighted by Crippen LogP contribution is -2.26. The van der Waals surface area contributed by atoms with Gasteiger partial charge in [0.1, 0.15) is 5.56 Å². The summed E-state index contributed by atoms with van der Waals surface area (Å²) in [5, 5.41) is 3.15. The van der Waals surface area contributed by atoms with Crippen LogP contribution >= 0.6 is 11.6 Å². The summed E-state index contributed by atoms with van der Waals surface area (Å²) in [7, 11) is 1.60. The lowest BCUT2D eigenvalue weighted by atomic mass is 10.2. The number of benzene rings is 1. The van der Waals surface area contributed by atoms with E-state index in [1.54, 1.807) is 43.6 Å². The minimum absolute atomic E-state index is 0.0972. The van der Waals surface area contributed by atoms with Crippen LogP contribution in [0, 0.1) is 0 Å². The highest BCUT2D eigenvalue weighted by atomic mass is 35.5. The molecule has 0 aliphatic rings. The minimum Gasteiger partial charge on any atom is -0.322 e. The maximum absolute atomic E-state index is 11.9. The van der Waals surface area contributed by atoms with Gasteiger partial charge in [-0.05, 0) is 30.3 Å². The van der Waals surface area contributed by atoms with Crippen molar-refractivity contribution >= 4 is 23.2 Å². The number of carbonyl (C=O) groups excluding carboxylic acids is 1. The van der Waals surface area contributed by atoms with Gasteiger partial charge in [-0.2, -0.15) is 0 Å². The first-order valence-corrected chi connectivity index (χ1v) is 5.68. The molecule has 0 fully saturated rings. The molecule has 0 saturated heterocycles. The van der Waals surface area contributed by atoms with E-state index in [1.807, 2.05) is 0 Å². The van der Waals surface area contributed by atoms with Gasteiger partial charge in [-0.3, -0.25) is 9.59 Å². The number of halogens is 1. The molecule has 0 atom stereocenters. The molecule has 0 saturated carbocycles. The molecule has 4 nitrogen and oxygen atoms in total. The van der Waals surface area contributed by atoms with Gasteiger partial charge in [0.15, 0.2) is 0 Å². The van der Waals surface area contributed by atoms with Gasteiger partial charge in [-0.25, -0.2) is 0 Å². The van der Waals surface area contributed by atoms with E-state index in [-0.39, 0.29) is 11.1 Å². The van der Waals surface area contributed by atoms with Crippen LogP contribution in [0.2, 0.25) is 5.02 Å². The van der Waals surface area contributed by atoms with Crippen LogP contribution < -0.4 is 10.9 Å². The summed E-state index contributed by atoms with van der Waals surface area (Å²) in [4.78, 5) is 23.7. The van der Waals surface area contributed by atoms with E-state index in [2.05, 4.69) is 5.32 Å². The molecule has 92 valence electrons. The Labute approximate surface area is 109 Å². The van der Waals surface area contributed by atoms with Gasteiger partial charge >= 0.3 is 0 Å². The van der Waals surface area contributed by atoms with Gasteiger partial charge in [-0.1, -0.05) is 17.7 Å². The van der Waals surface area contributed by atoms with Crippen molar-refractivity contribution in [1.29, 1.82) is 0 Å². The van der Waals surface area contributed by atoms with E-state index in [9.17, 15) is 9.59 Å². The molecule has 0 unspecified atom stereocenters. The van der Waals surface area contributed by atoms with Gasteiger partial charge in [0.2, 0.25) is 0 Å². The normalized spacial score (nSPS) is 10.1. The van der Waals surface area contributed by atoms with Gasteiger partial charge in [0, 0.05) is 24.0 Å². The van der Waals surface area contributed by atoms with Gasteiger partial charge in [0.25, 0.3) is 11.5 Å². The zero-order chi connectivity index (χ0) is 13.1. The monoisotopic (exact) mass is 262 g/mol. The number of amides is 1. The van der Waals surface area contributed by atoms with E-state index < -0.39 is 5.91 Å². The maximum Gasteiger partial charge on any atom is 0.263 e. The average Bonchev–Trinajstić information content (AvgIpc) is 2.32. The number of carbonyl (C=O) groups is 1. The van der Waals surface area contributed by atoms with Crippen molar-refractivity contribution < 1.29 is 4.79 Å². The van der Waals surface area contributed by atoms with Crippen LogP contribution in [0.25, 0.3) is 0 Å². The van der Waals surface area contributed by atoms with E-state index in [0.29, 0.717) is 10.7 Å². The lowest BCUT2D eigenvalue weighted by molar-refractivity contribution is 0.102. The zero-order valence-corrected chi connectivity index (χ0v) is 10.4. The molecular formula is C13H11ClN2O2. The first-order chi connectivity index (χ1) is 8.58. The molecule has 0 aliphatic heterocycles. The average molecular weight is 263 g/mol. The van der Waals surface area contributed by atoms with Crippen molar-refractivity contribution in [1.82, 2.24) is 4.57 Å². The van der Waals surface area contributed by atoms with Crippen LogP contribution in [0.3, 0.4) is 0 Å². The van der Waals surface area contributed by atoms with Crippen LogP contribution in [0.1, 0.15) is 10.4 Å². The second kappa shape index (κ2) is 5.06. The van der Waals surface area contributed by atoms with Crippen molar-refractivity contribution in [3.63, 3.8) is 0 Å². The molecule has 2 rings (SSSR count). The van der Waals surface area contributed by atoms with Crippen molar-refractivity contribution in [2.24, 2.45) is 7.05 Å². The van der Waals surface area contributed by atoms with Crippen LogP contribution in [-0.4, -0.2) is 10.5 Å². The van der Waals surface area contributed by atoms with E-state index in [4.69, 9.17) is 11.6 Å². The van der Waals surface area contributed by atoms with Crippen molar-refractivity contribution in [3.8, 4) is 0 Å². The highest BCUT2D eigenvalue weighted by Gasteiger charge is 2.11. The van der Waals surface area contributed by atoms with E-state index >= 15 is 0 Å². The number of pyridine rings is 1. The number of hydrogen-bond acceptors (Lipinski definition) is 2. The summed E-state index contributed by atoms with van der Waals surface area (Å²) < 4.78 is 1.35. The molecular weight excluding hydrogens is 252 g/mol. The van der Waals surface area contributed by atoms with Gasteiger partial charge in [-0.15, -0.1) is 0 Å². The molecule has 1 aromatic heterocycles. The third kappa shape index (κ3) is 2.60. The van der Waals surface area contributed by atoms with Gasteiger partial charge in [0.05, 0.1) is 0 Å². The summed E-state index contributed by atoms with van der Waals surface area (Å²) in [6.07, 6.45) is 1.60. The fraction of sp³-hybridized carbons (Fsp3) is 0.0769. The number of nitrogens with one attached hydrogen (secondary N) is 1. The van der Waals surface area contributed by atoms with Crippen LogP contribution in [0.5, 0.6) is 0 Å². The number of nitrogens with zero attached hydrogens (tertiary/aromatic N) is 1. The standard InChI is InChI=1S/C13H11ClN2O2/c1-16-7-3-6-11(13(16)18)12(17)15-10-5-2-4-9(14)8-10/h2-8H,1H3,(H,15,17). The molecule has 2 aromatic rings. The number of rotatable bonds is 2. The van der Waals surface area contributed by atoms with E-state index in [1.165, 1.54) is 10.6 Å². The molecule has 0 radical (unpaired) electrons. The molecule has 1 aromatic carbocycles. The number of hydrogen-bond donors (Lipinski definition) is 1. The first-order valence-electron chi connectivity index (χ1n) is 5.30. The van der Waals surface area contributed by atoms with Crippen LogP contribution in [-0.2, 0) is 7.05 Å². The predicted molar refractivity (Wildman–Crippen MR) is 71.1 cm³/mol. The number of aromatic nitrogens is 1. The van der Waals surface area contributed by atoms with Crippen molar-refractivity contribution in [3.05, 3.63) is 63.5 Å². The Hall–Kier alpha value is -2.07. The molecule has 0 spiro atoms. The molecule has 1 amide bonds. The van der Waals surface area contributed by atoms with E-state index in [0.717, 1.165) is 0 Å². The molecule has 1 heterocycles. The SMILES string of the molecule is Cn1cccc(C(=O)Nc2cccc(Cl)c2)c1=O. The maximum atomic E-state index is 11.9. The number of aryl methyl sites for hydroxylation is 1. The lowest BCUT2D eigenvalue weighted by Gasteiger charge is -2.06. The summed E-state index contributed by atoms with van der Waals surface area (Å²) in [6.45, 7) is 0. The highest BCUT2D eigenvalue weighted by Crippen LogP contribution is 2.15. The Balaban J connectivity index is 2.28. The number of anilines is 1. The molecule has 0 bridgehead atoms. The second-order valence-electron chi connectivity index (χ2n) is 3.80. The second-order valence-corrected chi connectivity index (χ2v) is 4.24. The molecule has 1 N–H and O–H groups in total. The topological polar surface area (TPSA) is 51.1 Å². The quantitative estimate of drug-likeness (QED) is 0.903. The summed E-state index contributed by atoms with van der Waals surface area (Å²) in [5.74, 6) is -0.446. The van der Waals surface area contributed by atoms with Gasteiger partial charge < -0.3 is 9.88 Å². The third-order valence-electron chi connectivity index (χ3n) is 2.45. The summed E-state index contributed by atoms with van der Waals surface area (Å²) in [5.41, 5.74) is 0.315. The smallest absolute Gasteiger partial charge is 0.263 e. The molecule has 5 heteroatoms. The fourth-order valence-corrected chi connectivity index (χ4v) is 1.73. The van der Waals surface area contributed by atoms with Crippen molar-refractivity contribution in [2.75, 3.05) is 5.32 Å².